The minimum Gasteiger partial charge on any atom is -0.273 e. The van der Waals surface area contributed by atoms with Crippen LogP contribution >= 0.6 is 23.2 Å². The van der Waals surface area contributed by atoms with Gasteiger partial charge in [-0.1, -0.05) is 29.3 Å². The predicted molar refractivity (Wildman–Crippen MR) is 52.2 cm³/mol. The minimum absolute atomic E-state index is 0.257. The molecule has 1 aliphatic rings. The van der Waals surface area contributed by atoms with Gasteiger partial charge in [-0.25, -0.2) is 0 Å². The molecule has 1 aromatic carbocycles. The van der Waals surface area contributed by atoms with Gasteiger partial charge in [0, 0.05) is 17.7 Å². The summed E-state index contributed by atoms with van der Waals surface area (Å²) in [5.74, 6) is 0. The van der Waals surface area contributed by atoms with Gasteiger partial charge in [-0.3, -0.25) is 4.99 Å². The van der Waals surface area contributed by atoms with E-state index in [0.29, 0.717) is 0 Å². The van der Waals surface area contributed by atoms with Gasteiger partial charge in [0.25, 0.3) is 0 Å². The molecule has 0 saturated carbocycles. The number of hydrogen-bond acceptors (Lipinski definition) is 1. The summed E-state index contributed by atoms with van der Waals surface area (Å²) in [4.78, 5) is 4.09. The zero-order chi connectivity index (χ0) is 8.55. The van der Waals surface area contributed by atoms with E-state index in [1.54, 1.807) is 0 Å². The molecular formula is C9H7Cl2N. The maximum absolute atomic E-state index is 5.96. The van der Waals surface area contributed by atoms with Crippen LogP contribution in [0.1, 0.15) is 16.6 Å². The van der Waals surface area contributed by atoms with Gasteiger partial charge >= 0.3 is 0 Å². The molecule has 12 heavy (non-hydrogen) atoms. The second kappa shape index (κ2) is 3.08. The molecule has 1 atom stereocenters. The Kier molecular flexibility index (Phi) is 2.07. The molecule has 1 unspecified atom stereocenters. The quantitative estimate of drug-likeness (QED) is 0.450. The summed E-state index contributed by atoms with van der Waals surface area (Å²) in [7, 11) is 0. The molecule has 1 aromatic rings. The van der Waals surface area contributed by atoms with Crippen LogP contribution < -0.4 is 0 Å². The van der Waals surface area contributed by atoms with Crippen LogP contribution in [0.5, 0.6) is 0 Å². The zero-order valence-corrected chi connectivity index (χ0v) is 7.81. The first kappa shape index (κ1) is 8.09. The number of halogens is 2. The summed E-state index contributed by atoms with van der Waals surface area (Å²) in [6, 6.07) is 5.76. The third-order valence-corrected chi connectivity index (χ3v) is 2.49. The van der Waals surface area contributed by atoms with Gasteiger partial charge in [-0.05, 0) is 23.3 Å². The van der Waals surface area contributed by atoms with Crippen molar-refractivity contribution in [3.8, 4) is 0 Å². The first-order chi connectivity index (χ1) is 5.77. The Labute approximate surface area is 81.0 Å². The maximum atomic E-state index is 5.96. The highest BCUT2D eigenvalue weighted by atomic mass is 35.5. The normalized spacial score (nSPS) is 20.7. The molecule has 0 radical (unpaired) electrons. The first-order valence-electron chi connectivity index (χ1n) is 3.71. The molecule has 3 heteroatoms. The fourth-order valence-electron chi connectivity index (χ4n) is 1.30. The van der Waals surface area contributed by atoms with Crippen molar-refractivity contribution in [3.05, 3.63) is 34.3 Å². The minimum atomic E-state index is -0.257. The van der Waals surface area contributed by atoms with E-state index in [9.17, 15) is 0 Å². The Morgan fingerprint density at radius 2 is 2.25 bits per heavy atom. The highest BCUT2D eigenvalue weighted by Crippen LogP contribution is 2.30. The molecule has 0 aromatic heterocycles. The molecule has 62 valence electrons. The second-order valence-electron chi connectivity index (χ2n) is 2.71. The van der Waals surface area contributed by atoms with Crippen LogP contribution in [-0.4, -0.2) is 6.21 Å². The number of hydrogen-bond donors (Lipinski definition) is 0. The summed E-state index contributed by atoms with van der Waals surface area (Å²) in [5, 5.41) is 0.719. The molecule has 0 aliphatic carbocycles. The number of nitrogens with zero attached hydrogens (tertiary/aromatic N) is 1. The Hall–Kier alpha value is -0.530. The van der Waals surface area contributed by atoms with E-state index in [-0.39, 0.29) is 5.50 Å². The molecule has 1 aliphatic heterocycles. The van der Waals surface area contributed by atoms with Crippen molar-refractivity contribution >= 4 is 29.4 Å². The number of alkyl halides is 1. The maximum Gasteiger partial charge on any atom is 0.148 e. The van der Waals surface area contributed by atoms with Crippen LogP contribution in [0.4, 0.5) is 0 Å². The summed E-state index contributed by atoms with van der Waals surface area (Å²) >= 11 is 11.8. The lowest BCUT2D eigenvalue weighted by Gasteiger charge is -2.14. The van der Waals surface area contributed by atoms with E-state index in [1.807, 2.05) is 24.4 Å². The monoisotopic (exact) mass is 199 g/mol. The average molecular weight is 200 g/mol. The lowest BCUT2D eigenvalue weighted by atomic mass is 10.0. The molecule has 0 fully saturated rings. The van der Waals surface area contributed by atoms with Crippen LogP contribution in [0.25, 0.3) is 0 Å². The summed E-state index contributed by atoms with van der Waals surface area (Å²) < 4.78 is 0. The van der Waals surface area contributed by atoms with Gasteiger partial charge in [0.2, 0.25) is 0 Å². The van der Waals surface area contributed by atoms with Gasteiger partial charge in [0.15, 0.2) is 0 Å². The van der Waals surface area contributed by atoms with Crippen molar-refractivity contribution in [3.63, 3.8) is 0 Å². The fourth-order valence-corrected chi connectivity index (χ4v) is 1.76. The van der Waals surface area contributed by atoms with Gasteiger partial charge in [0.1, 0.15) is 5.50 Å². The lowest BCUT2D eigenvalue weighted by molar-refractivity contribution is 0.964. The molecule has 1 nitrogen and oxygen atoms in total. The van der Waals surface area contributed by atoms with Crippen molar-refractivity contribution in [2.24, 2.45) is 4.99 Å². The van der Waals surface area contributed by atoms with Crippen LogP contribution in [-0.2, 0) is 6.42 Å². The number of benzene rings is 1. The smallest absolute Gasteiger partial charge is 0.148 e. The highest BCUT2D eigenvalue weighted by molar-refractivity contribution is 6.31. The zero-order valence-electron chi connectivity index (χ0n) is 6.30. The third kappa shape index (κ3) is 1.35. The van der Waals surface area contributed by atoms with Crippen LogP contribution in [0.2, 0.25) is 5.02 Å². The number of rotatable bonds is 0. The molecule has 0 N–H and O–H groups in total. The molecule has 0 bridgehead atoms. The molecule has 0 amide bonds. The summed E-state index contributed by atoms with van der Waals surface area (Å²) in [5.41, 5.74) is 1.99. The van der Waals surface area contributed by atoms with E-state index in [4.69, 9.17) is 23.2 Å². The molecule has 2 rings (SSSR count). The van der Waals surface area contributed by atoms with Crippen molar-refractivity contribution in [1.82, 2.24) is 0 Å². The molecule has 1 heterocycles. The van der Waals surface area contributed by atoms with E-state index in [0.717, 1.165) is 17.0 Å². The molecular weight excluding hydrogens is 193 g/mol. The number of aliphatic imine (C=N–C) groups is 1. The van der Waals surface area contributed by atoms with Gasteiger partial charge in [0.05, 0.1) is 0 Å². The Morgan fingerprint density at radius 3 is 3.08 bits per heavy atom. The van der Waals surface area contributed by atoms with Gasteiger partial charge in [-0.15, -0.1) is 0 Å². The SMILES string of the molecule is Clc1ccc2c(c1)C(Cl)N=CC2. The van der Waals surface area contributed by atoms with Gasteiger partial charge in [-0.2, -0.15) is 0 Å². The lowest BCUT2D eigenvalue weighted by Crippen LogP contribution is -2.02. The summed E-state index contributed by atoms with van der Waals surface area (Å²) in [6.07, 6.45) is 2.70. The number of fused-ring (bicyclic) bond motifs is 1. The Morgan fingerprint density at radius 1 is 1.42 bits per heavy atom. The van der Waals surface area contributed by atoms with Crippen LogP contribution in [0, 0.1) is 0 Å². The summed E-state index contributed by atoms with van der Waals surface area (Å²) in [6.45, 7) is 0. The fraction of sp³-hybridized carbons (Fsp3) is 0.222. The topological polar surface area (TPSA) is 12.4 Å². The third-order valence-electron chi connectivity index (χ3n) is 1.91. The standard InChI is InChI=1S/C9H7Cl2N/c10-7-2-1-6-3-4-12-9(11)8(6)5-7/h1-2,4-5,9H,3H2. The Bertz CT molecular complexity index is 333. The van der Waals surface area contributed by atoms with Crippen molar-refractivity contribution in [2.75, 3.05) is 0 Å². The Balaban J connectivity index is 2.52. The van der Waals surface area contributed by atoms with Crippen LogP contribution in [0.15, 0.2) is 23.2 Å². The second-order valence-corrected chi connectivity index (χ2v) is 3.56. The first-order valence-corrected chi connectivity index (χ1v) is 4.53. The van der Waals surface area contributed by atoms with Crippen LogP contribution in [0.3, 0.4) is 0 Å². The highest BCUT2D eigenvalue weighted by Gasteiger charge is 2.14. The van der Waals surface area contributed by atoms with Crippen molar-refractivity contribution in [2.45, 2.75) is 11.9 Å². The van der Waals surface area contributed by atoms with Gasteiger partial charge < -0.3 is 0 Å². The van der Waals surface area contributed by atoms with E-state index in [2.05, 4.69) is 4.99 Å². The van der Waals surface area contributed by atoms with Crippen molar-refractivity contribution < 1.29 is 0 Å². The molecule has 0 spiro atoms. The predicted octanol–water partition coefficient (Wildman–Crippen LogP) is 3.20. The largest absolute Gasteiger partial charge is 0.273 e. The van der Waals surface area contributed by atoms with E-state index >= 15 is 0 Å². The average Bonchev–Trinajstić information content (AvgIpc) is 2.07. The molecule has 0 saturated heterocycles. The van der Waals surface area contributed by atoms with E-state index in [1.165, 1.54) is 5.56 Å². The van der Waals surface area contributed by atoms with Crippen molar-refractivity contribution in [1.29, 1.82) is 0 Å². The van der Waals surface area contributed by atoms with E-state index < -0.39 is 0 Å².